The molecule has 3 heterocycles. The van der Waals surface area contributed by atoms with Crippen LogP contribution in [-0.2, 0) is 28.4 Å². The van der Waals surface area contributed by atoms with Crippen molar-refractivity contribution in [3.63, 3.8) is 0 Å². The van der Waals surface area contributed by atoms with Gasteiger partial charge in [0, 0.05) is 46.0 Å². The molecule has 1 aromatic heterocycles. The first-order valence-corrected chi connectivity index (χ1v) is 12.6. The summed E-state index contributed by atoms with van der Waals surface area (Å²) in [6.07, 6.45) is 5.95. The predicted octanol–water partition coefficient (Wildman–Crippen LogP) is 3.16. The Balaban J connectivity index is 1.59. The molecule has 2 aliphatic rings. The fourth-order valence-electron chi connectivity index (χ4n) is 4.41. The zero-order valence-electron chi connectivity index (χ0n) is 18.4. The number of ether oxygens (including phenoxy) is 1. The standard InChI is InChI=1S/C23H30FN3O4S/c1-25-17-21(32(29,30)27-10-3-2-4-11-27)14-22(25)23(28)26(16-20-9-6-12-31-20)15-18-7-5-8-19(24)13-18/h5,7-8,13-14,17,20H,2-4,6,9-12,15-16H2,1H3. The van der Waals surface area contributed by atoms with Crippen molar-refractivity contribution in [2.75, 3.05) is 26.2 Å². The van der Waals surface area contributed by atoms with E-state index in [0.717, 1.165) is 32.1 Å². The monoisotopic (exact) mass is 463 g/mol. The third kappa shape index (κ3) is 5.05. The lowest BCUT2D eigenvalue weighted by molar-refractivity contribution is 0.0500. The van der Waals surface area contributed by atoms with E-state index in [9.17, 15) is 17.6 Å². The van der Waals surface area contributed by atoms with Crippen molar-refractivity contribution in [2.45, 2.75) is 49.6 Å². The number of halogens is 1. The summed E-state index contributed by atoms with van der Waals surface area (Å²) in [6, 6.07) is 7.62. The molecule has 9 heteroatoms. The second kappa shape index (κ2) is 9.72. The van der Waals surface area contributed by atoms with Crippen LogP contribution in [0.25, 0.3) is 0 Å². The lowest BCUT2D eigenvalue weighted by atomic mass is 10.1. The Morgan fingerprint density at radius 2 is 1.97 bits per heavy atom. The van der Waals surface area contributed by atoms with E-state index >= 15 is 0 Å². The topological polar surface area (TPSA) is 71.9 Å². The number of aromatic nitrogens is 1. The van der Waals surface area contributed by atoms with Crippen LogP contribution in [0, 0.1) is 5.82 Å². The molecule has 2 fully saturated rings. The number of carbonyl (C=O) groups excluding carboxylic acids is 1. The SMILES string of the molecule is Cn1cc(S(=O)(=O)N2CCCCC2)cc1C(=O)N(Cc1cccc(F)c1)CC1CCCO1. The predicted molar refractivity (Wildman–Crippen MR) is 118 cm³/mol. The Bertz CT molecular complexity index is 1060. The molecule has 0 N–H and O–H groups in total. The normalized spacial score (nSPS) is 19.9. The van der Waals surface area contributed by atoms with Crippen LogP contribution < -0.4 is 0 Å². The molecule has 0 spiro atoms. The highest BCUT2D eigenvalue weighted by molar-refractivity contribution is 7.89. The van der Waals surface area contributed by atoms with Gasteiger partial charge in [0.15, 0.2) is 0 Å². The number of aryl methyl sites for hydroxylation is 1. The zero-order chi connectivity index (χ0) is 22.7. The van der Waals surface area contributed by atoms with E-state index in [1.54, 1.807) is 28.6 Å². The third-order valence-electron chi connectivity index (χ3n) is 6.15. The summed E-state index contributed by atoms with van der Waals surface area (Å²) in [4.78, 5) is 15.3. The summed E-state index contributed by atoms with van der Waals surface area (Å²) in [7, 11) is -1.97. The lowest BCUT2D eigenvalue weighted by Crippen LogP contribution is -2.37. The molecule has 4 rings (SSSR count). The Labute approximate surface area is 188 Å². The van der Waals surface area contributed by atoms with Crippen LogP contribution in [0.4, 0.5) is 4.39 Å². The zero-order valence-corrected chi connectivity index (χ0v) is 19.2. The number of piperidine rings is 1. The van der Waals surface area contributed by atoms with Crippen LogP contribution in [-0.4, -0.2) is 60.4 Å². The first kappa shape index (κ1) is 22.9. The minimum Gasteiger partial charge on any atom is -0.376 e. The van der Waals surface area contributed by atoms with Crippen molar-refractivity contribution in [3.8, 4) is 0 Å². The number of carbonyl (C=O) groups is 1. The molecule has 0 radical (unpaired) electrons. The molecule has 1 atom stereocenters. The van der Waals surface area contributed by atoms with Crippen molar-refractivity contribution in [2.24, 2.45) is 7.05 Å². The first-order chi connectivity index (χ1) is 15.3. The molecule has 0 bridgehead atoms. The average molecular weight is 464 g/mol. The average Bonchev–Trinajstić information content (AvgIpc) is 3.43. The largest absolute Gasteiger partial charge is 0.376 e. The van der Waals surface area contributed by atoms with Gasteiger partial charge in [-0.05, 0) is 49.4 Å². The highest BCUT2D eigenvalue weighted by Crippen LogP contribution is 2.24. The van der Waals surface area contributed by atoms with Gasteiger partial charge in [0.25, 0.3) is 5.91 Å². The van der Waals surface area contributed by atoms with E-state index in [0.29, 0.717) is 31.8 Å². The van der Waals surface area contributed by atoms with E-state index < -0.39 is 10.0 Å². The van der Waals surface area contributed by atoms with Crippen molar-refractivity contribution in [1.29, 1.82) is 0 Å². The minimum atomic E-state index is -3.64. The number of nitrogens with zero attached hydrogens (tertiary/aromatic N) is 3. The summed E-state index contributed by atoms with van der Waals surface area (Å²) in [5.41, 5.74) is 0.960. The van der Waals surface area contributed by atoms with Crippen LogP contribution in [0.15, 0.2) is 41.4 Å². The Morgan fingerprint density at radius 3 is 2.66 bits per heavy atom. The van der Waals surface area contributed by atoms with Gasteiger partial charge in [-0.3, -0.25) is 4.79 Å². The van der Waals surface area contributed by atoms with Gasteiger partial charge in [-0.1, -0.05) is 18.6 Å². The number of sulfonamides is 1. The Morgan fingerprint density at radius 1 is 1.19 bits per heavy atom. The van der Waals surface area contributed by atoms with Crippen molar-refractivity contribution < 1.29 is 22.3 Å². The van der Waals surface area contributed by atoms with Crippen LogP contribution in [0.1, 0.15) is 48.2 Å². The van der Waals surface area contributed by atoms with Gasteiger partial charge in [0.2, 0.25) is 10.0 Å². The minimum absolute atomic E-state index is 0.0793. The summed E-state index contributed by atoms with van der Waals surface area (Å²) in [5.74, 6) is -0.659. The van der Waals surface area contributed by atoms with Crippen LogP contribution >= 0.6 is 0 Å². The van der Waals surface area contributed by atoms with Crippen molar-refractivity contribution >= 4 is 15.9 Å². The van der Waals surface area contributed by atoms with Gasteiger partial charge < -0.3 is 14.2 Å². The molecular weight excluding hydrogens is 433 g/mol. The van der Waals surface area contributed by atoms with Gasteiger partial charge in [0.1, 0.15) is 16.4 Å². The maximum absolute atomic E-state index is 13.7. The summed E-state index contributed by atoms with van der Waals surface area (Å²) >= 11 is 0. The van der Waals surface area contributed by atoms with Gasteiger partial charge in [-0.15, -0.1) is 0 Å². The van der Waals surface area contributed by atoms with Gasteiger partial charge in [-0.2, -0.15) is 4.31 Å². The van der Waals surface area contributed by atoms with Crippen LogP contribution in [0.2, 0.25) is 0 Å². The molecule has 0 saturated carbocycles. The molecule has 1 unspecified atom stereocenters. The summed E-state index contributed by atoms with van der Waals surface area (Å²) < 4.78 is 48.7. The number of hydrogen-bond acceptors (Lipinski definition) is 4. The van der Waals surface area contributed by atoms with Crippen molar-refractivity contribution in [3.05, 3.63) is 53.6 Å². The highest BCUT2D eigenvalue weighted by atomic mass is 32.2. The van der Waals surface area contributed by atoms with E-state index in [-0.39, 0.29) is 35.0 Å². The van der Waals surface area contributed by atoms with E-state index in [1.807, 2.05) is 0 Å². The van der Waals surface area contributed by atoms with Crippen molar-refractivity contribution in [1.82, 2.24) is 13.8 Å². The summed E-state index contributed by atoms with van der Waals surface area (Å²) in [5, 5.41) is 0. The molecular formula is C23H30FN3O4S. The number of rotatable bonds is 7. The number of benzene rings is 1. The first-order valence-electron chi connectivity index (χ1n) is 11.2. The molecule has 32 heavy (non-hydrogen) atoms. The maximum Gasteiger partial charge on any atom is 0.270 e. The fraction of sp³-hybridized carbons (Fsp3) is 0.522. The molecule has 1 aromatic carbocycles. The maximum atomic E-state index is 13.7. The molecule has 1 amide bonds. The fourth-order valence-corrected chi connectivity index (χ4v) is 6.00. The smallest absolute Gasteiger partial charge is 0.270 e. The second-order valence-electron chi connectivity index (χ2n) is 8.59. The second-order valence-corrected chi connectivity index (χ2v) is 10.5. The van der Waals surface area contributed by atoms with E-state index in [2.05, 4.69) is 0 Å². The molecule has 2 aromatic rings. The van der Waals surface area contributed by atoms with Gasteiger partial charge >= 0.3 is 0 Å². The summed E-state index contributed by atoms with van der Waals surface area (Å²) in [6.45, 7) is 2.26. The number of hydrogen-bond donors (Lipinski definition) is 0. The molecule has 174 valence electrons. The molecule has 2 saturated heterocycles. The molecule has 2 aliphatic heterocycles. The molecule has 7 nitrogen and oxygen atoms in total. The van der Waals surface area contributed by atoms with E-state index in [4.69, 9.17) is 4.74 Å². The Kier molecular flexibility index (Phi) is 6.97. The van der Waals surface area contributed by atoms with Gasteiger partial charge in [-0.25, -0.2) is 12.8 Å². The highest BCUT2D eigenvalue weighted by Gasteiger charge is 2.30. The van der Waals surface area contributed by atoms with Crippen LogP contribution in [0.3, 0.4) is 0 Å². The lowest BCUT2D eigenvalue weighted by Gasteiger charge is -2.26. The third-order valence-corrected chi connectivity index (χ3v) is 8.01. The van der Waals surface area contributed by atoms with Crippen LogP contribution in [0.5, 0.6) is 0 Å². The number of amides is 1. The van der Waals surface area contributed by atoms with E-state index in [1.165, 1.54) is 28.7 Å². The molecule has 0 aliphatic carbocycles. The quantitative estimate of drug-likeness (QED) is 0.632. The Hall–Kier alpha value is -2.23. The van der Waals surface area contributed by atoms with Gasteiger partial charge in [0.05, 0.1) is 6.10 Å².